The number of aromatic nitrogens is 4. The molecular formula is C18H22N6O4S2. The highest BCUT2D eigenvalue weighted by Crippen LogP contribution is 2.22. The first-order valence-electron chi connectivity index (χ1n) is 8.99. The molecule has 3 rings (SSSR count). The standard InChI is InChI=1S/C18H22N6O4S2/c1-12(2)24-11-17(14(4)21-24)30(27,28)22-15-5-7-16(8-6-15)29(25,26)23-18-19-10-9-13(3)20-18/h5-12,22H,1-4H3,(H,19,20,23). The van der Waals surface area contributed by atoms with Crippen molar-refractivity contribution in [2.24, 2.45) is 0 Å². The fourth-order valence-corrected chi connectivity index (χ4v) is 4.77. The zero-order valence-corrected chi connectivity index (χ0v) is 18.5. The number of hydrogen-bond acceptors (Lipinski definition) is 7. The number of aryl methyl sites for hydroxylation is 2. The smallest absolute Gasteiger partial charge is 0.265 e. The lowest BCUT2D eigenvalue weighted by atomic mass is 10.3. The molecule has 0 bridgehead atoms. The van der Waals surface area contributed by atoms with Crippen LogP contribution in [0.2, 0.25) is 0 Å². The highest BCUT2D eigenvalue weighted by Gasteiger charge is 2.22. The van der Waals surface area contributed by atoms with Gasteiger partial charge < -0.3 is 0 Å². The van der Waals surface area contributed by atoms with Gasteiger partial charge in [-0.3, -0.25) is 9.40 Å². The van der Waals surface area contributed by atoms with Crippen molar-refractivity contribution in [1.82, 2.24) is 19.7 Å². The van der Waals surface area contributed by atoms with Gasteiger partial charge in [0, 0.05) is 29.8 Å². The van der Waals surface area contributed by atoms with Gasteiger partial charge >= 0.3 is 0 Å². The van der Waals surface area contributed by atoms with Crippen LogP contribution in [0.25, 0.3) is 0 Å². The lowest BCUT2D eigenvalue weighted by Gasteiger charge is -2.09. The Bertz CT molecular complexity index is 1270. The van der Waals surface area contributed by atoms with Gasteiger partial charge in [-0.1, -0.05) is 0 Å². The molecule has 0 atom stereocenters. The average molecular weight is 451 g/mol. The van der Waals surface area contributed by atoms with Crippen LogP contribution in [0.5, 0.6) is 0 Å². The Hall–Kier alpha value is -2.99. The second kappa shape index (κ2) is 8.03. The van der Waals surface area contributed by atoms with Gasteiger partial charge in [0.25, 0.3) is 20.0 Å². The molecule has 0 saturated carbocycles. The number of nitrogens with zero attached hydrogens (tertiary/aromatic N) is 4. The summed E-state index contributed by atoms with van der Waals surface area (Å²) in [5.41, 5.74) is 1.21. The Balaban J connectivity index is 1.80. The van der Waals surface area contributed by atoms with Crippen LogP contribution in [0, 0.1) is 13.8 Å². The molecule has 1 aromatic carbocycles. The number of benzene rings is 1. The first kappa shape index (κ1) is 21.7. The molecule has 2 N–H and O–H groups in total. The summed E-state index contributed by atoms with van der Waals surface area (Å²) in [7, 11) is -7.80. The number of nitrogens with one attached hydrogen (secondary N) is 2. The SMILES string of the molecule is Cc1ccnc(NS(=O)(=O)c2ccc(NS(=O)(=O)c3cn(C(C)C)nc3C)cc2)n1. The van der Waals surface area contributed by atoms with E-state index in [2.05, 4.69) is 24.5 Å². The third kappa shape index (κ3) is 4.76. The van der Waals surface area contributed by atoms with Gasteiger partial charge in [-0.15, -0.1) is 0 Å². The van der Waals surface area contributed by atoms with Crippen LogP contribution in [0.4, 0.5) is 11.6 Å². The monoisotopic (exact) mass is 450 g/mol. The summed E-state index contributed by atoms with van der Waals surface area (Å²) >= 11 is 0. The van der Waals surface area contributed by atoms with Crippen LogP contribution >= 0.6 is 0 Å². The van der Waals surface area contributed by atoms with Crippen molar-refractivity contribution in [3.8, 4) is 0 Å². The van der Waals surface area contributed by atoms with Gasteiger partial charge in [0.15, 0.2) is 0 Å². The number of sulfonamides is 2. The fraction of sp³-hybridized carbons (Fsp3) is 0.278. The predicted molar refractivity (Wildman–Crippen MR) is 112 cm³/mol. The van der Waals surface area contributed by atoms with E-state index in [-0.39, 0.29) is 27.5 Å². The Labute approximate surface area is 175 Å². The van der Waals surface area contributed by atoms with E-state index in [1.807, 2.05) is 13.8 Å². The molecule has 30 heavy (non-hydrogen) atoms. The first-order chi connectivity index (χ1) is 14.0. The molecule has 0 unspecified atom stereocenters. The zero-order chi connectivity index (χ0) is 22.1. The maximum atomic E-state index is 12.7. The lowest BCUT2D eigenvalue weighted by Crippen LogP contribution is -2.16. The van der Waals surface area contributed by atoms with E-state index in [9.17, 15) is 16.8 Å². The van der Waals surface area contributed by atoms with Crippen molar-refractivity contribution in [3.05, 3.63) is 54.1 Å². The van der Waals surface area contributed by atoms with Crippen LogP contribution in [0.3, 0.4) is 0 Å². The zero-order valence-electron chi connectivity index (χ0n) is 16.9. The van der Waals surface area contributed by atoms with Crippen molar-refractivity contribution in [1.29, 1.82) is 0 Å². The van der Waals surface area contributed by atoms with E-state index < -0.39 is 20.0 Å². The molecule has 0 aliphatic carbocycles. The van der Waals surface area contributed by atoms with E-state index in [0.29, 0.717) is 11.4 Å². The highest BCUT2D eigenvalue weighted by atomic mass is 32.2. The molecule has 12 heteroatoms. The van der Waals surface area contributed by atoms with Crippen LogP contribution in [-0.4, -0.2) is 36.6 Å². The Kier molecular flexibility index (Phi) is 5.81. The second-order valence-electron chi connectivity index (χ2n) is 6.91. The van der Waals surface area contributed by atoms with Crippen LogP contribution < -0.4 is 9.44 Å². The van der Waals surface area contributed by atoms with Gasteiger partial charge in [0.1, 0.15) is 4.90 Å². The van der Waals surface area contributed by atoms with Crippen molar-refractivity contribution in [2.75, 3.05) is 9.44 Å². The molecule has 0 spiro atoms. The Morgan fingerprint density at radius 1 is 0.933 bits per heavy atom. The van der Waals surface area contributed by atoms with Crippen molar-refractivity contribution < 1.29 is 16.8 Å². The summed E-state index contributed by atoms with van der Waals surface area (Å²) in [6, 6.07) is 6.98. The molecule has 0 aliphatic heterocycles. The van der Waals surface area contributed by atoms with Crippen molar-refractivity contribution >= 4 is 31.7 Å². The molecular weight excluding hydrogens is 428 g/mol. The third-order valence-corrected chi connectivity index (χ3v) is 6.96. The predicted octanol–water partition coefficient (Wildman–Crippen LogP) is 2.47. The molecule has 2 heterocycles. The average Bonchev–Trinajstić information content (AvgIpc) is 3.04. The van der Waals surface area contributed by atoms with Gasteiger partial charge in [0.2, 0.25) is 5.95 Å². The van der Waals surface area contributed by atoms with Gasteiger partial charge in [0.05, 0.1) is 10.6 Å². The molecule has 10 nitrogen and oxygen atoms in total. The number of hydrogen-bond donors (Lipinski definition) is 2. The largest absolute Gasteiger partial charge is 0.280 e. The Morgan fingerprint density at radius 3 is 2.17 bits per heavy atom. The Morgan fingerprint density at radius 2 is 1.60 bits per heavy atom. The highest BCUT2D eigenvalue weighted by molar-refractivity contribution is 7.93. The summed E-state index contributed by atoms with van der Waals surface area (Å²) < 4.78 is 56.7. The van der Waals surface area contributed by atoms with Gasteiger partial charge in [-0.2, -0.15) is 5.10 Å². The van der Waals surface area contributed by atoms with E-state index in [1.165, 1.54) is 36.7 Å². The maximum Gasteiger partial charge on any atom is 0.265 e. The topological polar surface area (TPSA) is 136 Å². The van der Waals surface area contributed by atoms with E-state index in [4.69, 9.17) is 0 Å². The summed E-state index contributed by atoms with van der Waals surface area (Å²) in [5, 5.41) is 4.21. The van der Waals surface area contributed by atoms with Crippen LogP contribution in [-0.2, 0) is 20.0 Å². The molecule has 3 aromatic rings. The van der Waals surface area contributed by atoms with Crippen LogP contribution in [0.1, 0.15) is 31.3 Å². The second-order valence-corrected chi connectivity index (χ2v) is 10.2. The van der Waals surface area contributed by atoms with Crippen molar-refractivity contribution in [3.63, 3.8) is 0 Å². The molecule has 160 valence electrons. The summed E-state index contributed by atoms with van der Waals surface area (Å²) in [4.78, 5) is 7.88. The fourth-order valence-electron chi connectivity index (χ4n) is 2.58. The third-order valence-electron chi connectivity index (χ3n) is 4.13. The summed E-state index contributed by atoms with van der Waals surface area (Å²) in [6.07, 6.45) is 2.91. The molecule has 0 amide bonds. The minimum Gasteiger partial charge on any atom is -0.280 e. The molecule has 0 radical (unpaired) electrons. The number of anilines is 2. The minimum atomic E-state index is -3.92. The normalized spacial score (nSPS) is 12.2. The summed E-state index contributed by atoms with van der Waals surface area (Å²) in [6.45, 7) is 7.12. The van der Waals surface area contributed by atoms with E-state index in [0.717, 1.165) is 0 Å². The molecule has 0 fully saturated rings. The first-order valence-corrected chi connectivity index (χ1v) is 12.0. The van der Waals surface area contributed by atoms with E-state index in [1.54, 1.807) is 24.6 Å². The quantitative estimate of drug-likeness (QED) is 0.564. The molecule has 2 aromatic heterocycles. The molecule has 0 aliphatic rings. The minimum absolute atomic E-state index is 0.0158. The molecule has 0 saturated heterocycles. The van der Waals surface area contributed by atoms with Gasteiger partial charge in [-0.05, 0) is 58.0 Å². The maximum absolute atomic E-state index is 12.7. The lowest BCUT2D eigenvalue weighted by molar-refractivity contribution is 0.528. The summed E-state index contributed by atoms with van der Waals surface area (Å²) in [5.74, 6) is -0.0441. The van der Waals surface area contributed by atoms with Crippen LogP contribution in [0.15, 0.2) is 52.5 Å². The van der Waals surface area contributed by atoms with E-state index >= 15 is 0 Å². The number of rotatable bonds is 7. The van der Waals surface area contributed by atoms with Crippen molar-refractivity contribution in [2.45, 2.75) is 43.5 Å². The van der Waals surface area contributed by atoms with Gasteiger partial charge in [-0.25, -0.2) is 31.5 Å².